The van der Waals surface area contributed by atoms with Crippen LogP contribution in [0.1, 0.15) is 36.1 Å². The second kappa shape index (κ2) is 5.41. The zero-order chi connectivity index (χ0) is 14.1. The first-order valence-electron chi connectivity index (χ1n) is 7.64. The molecule has 0 atom stereocenters. The van der Waals surface area contributed by atoms with Gasteiger partial charge in [-0.05, 0) is 59.8 Å². The average molecular weight is 265 g/mol. The van der Waals surface area contributed by atoms with Gasteiger partial charge in [-0.25, -0.2) is 0 Å². The van der Waals surface area contributed by atoms with E-state index in [9.17, 15) is 0 Å². The molecule has 104 valence electrons. The summed E-state index contributed by atoms with van der Waals surface area (Å²) < 4.78 is 0. The molecule has 0 spiro atoms. The molecule has 1 nitrogen and oxygen atoms in total. The lowest BCUT2D eigenvalue weighted by molar-refractivity contribution is 0.346. The lowest BCUT2D eigenvalue weighted by Crippen LogP contribution is -2.17. The van der Waals surface area contributed by atoms with E-state index in [1.54, 1.807) is 0 Å². The molecule has 3 rings (SSSR count). The Balaban J connectivity index is 2.05. The van der Waals surface area contributed by atoms with Gasteiger partial charge in [0.15, 0.2) is 0 Å². The second-order valence-corrected chi connectivity index (χ2v) is 5.80. The Morgan fingerprint density at radius 2 is 1.90 bits per heavy atom. The number of benzene rings is 2. The minimum Gasteiger partial charge on any atom is -0.302 e. The normalized spacial score (nSPS) is 12.6. The van der Waals surface area contributed by atoms with Gasteiger partial charge in [0.05, 0.1) is 0 Å². The van der Waals surface area contributed by atoms with Crippen molar-refractivity contribution in [2.24, 2.45) is 0 Å². The van der Waals surface area contributed by atoms with Crippen molar-refractivity contribution in [2.75, 3.05) is 13.6 Å². The predicted molar refractivity (Wildman–Crippen MR) is 86.1 cm³/mol. The maximum absolute atomic E-state index is 2.39. The van der Waals surface area contributed by atoms with Gasteiger partial charge in [0.25, 0.3) is 0 Å². The second-order valence-electron chi connectivity index (χ2n) is 5.80. The summed E-state index contributed by atoms with van der Waals surface area (Å²) in [4.78, 5) is 2.37. The number of fused-ring (bicyclic) bond motifs is 3. The van der Waals surface area contributed by atoms with Crippen LogP contribution in [-0.2, 0) is 19.4 Å². The largest absolute Gasteiger partial charge is 0.302 e. The van der Waals surface area contributed by atoms with Crippen LogP contribution in [0.25, 0.3) is 11.1 Å². The van der Waals surface area contributed by atoms with Crippen molar-refractivity contribution in [1.29, 1.82) is 0 Å². The smallest absolute Gasteiger partial charge is 0.0236 e. The van der Waals surface area contributed by atoms with Gasteiger partial charge in [-0.3, -0.25) is 0 Å². The average Bonchev–Trinajstić information content (AvgIpc) is 2.85. The molecule has 0 saturated heterocycles. The van der Waals surface area contributed by atoms with Crippen LogP contribution in [0.15, 0.2) is 36.4 Å². The third kappa shape index (κ3) is 2.27. The van der Waals surface area contributed by atoms with E-state index in [1.165, 1.54) is 33.4 Å². The molecule has 1 heteroatoms. The highest BCUT2D eigenvalue weighted by Gasteiger charge is 2.21. The molecule has 0 aromatic heterocycles. The van der Waals surface area contributed by atoms with E-state index >= 15 is 0 Å². The van der Waals surface area contributed by atoms with Crippen molar-refractivity contribution >= 4 is 0 Å². The fourth-order valence-electron chi connectivity index (χ4n) is 3.14. The van der Waals surface area contributed by atoms with E-state index in [0.29, 0.717) is 0 Å². The minimum atomic E-state index is 1.04. The monoisotopic (exact) mass is 265 g/mol. The van der Waals surface area contributed by atoms with Crippen molar-refractivity contribution in [3.8, 4) is 11.1 Å². The highest BCUT2D eigenvalue weighted by atomic mass is 15.1. The number of nitrogens with zero attached hydrogens (tertiary/aromatic N) is 1. The van der Waals surface area contributed by atoms with Crippen molar-refractivity contribution in [3.05, 3.63) is 58.7 Å². The topological polar surface area (TPSA) is 3.24 Å². The molecule has 2 aromatic carbocycles. The molecule has 0 bridgehead atoms. The molecule has 1 aliphatic rings. The van der Waals surface area contributed by atoms with E-state index in [0.717, 1.165) is 25.9 Å². The third-order valence-corrected chi connectivity index (χ3v) is 4.45. The summed E-state index contributed by atoms with van der Waals surface area (Å²) in [6, 6.07) is 13.8. The van der Waals surface area contributed by atoms with Gasteiger partial charge in [0, 0.05) is 6.54 Å². The van der Waals surface area contributed by atoms with Crippen molar-refractivity contribution < 1.29 is 0 Å². The van der Waals surface area contributed by atoms with E-state index in [4.69, 9.17) is 0 Å². The Morgan fingerprint density at radius 3 is 2.65 bits per heavy atom. The van der Waals surface area contributed by atoms with E-state index in [2.05, 4.69) is 62.2 Å². The van der Waals surface area contributed by atoms with Crippen LogP contribution in [0.2, 0.25) is 0 Å². The summed E-state index contributed by atoms with van der Waals surface area (Å²) in [5.41, 5.74) is 8.86. The van der Waals surface area contributed by atoms with Crippen LogP contribution < -0.4 is 0 Å². The summed E-state index contributed by atoms with van der Waals surface area (Å²) in [5, 5.41) is 0. The Morgan fingerprint density at radius 1 is 1.05 bits per heavy atom. The van der Waals surface area contributed by atoms with Crippen molar-refractivity contribution in [1.82, 2.24) is 4.90 Å². The highest BCUT2D eigenvalue weighted by Crippen LogP contribution is 2.39. The molecule has 2 aromatic rings. The van der Waals surface area contributed by atoms with Gasteiger partial charge >= 0.3 is 0 Å². The Hall–Kier alpha value is -1.60. The molecule has 0 amide bonds. The fraction of sp³-hybridized carbons (Fsp3) is 0.368. The van der Waals surface area contributed by atoms with E-state index in [-0.39, 0.29) is 0 Å². The fourth-order valence-corrected chi connectivity index (χ4v) is 3.14. The van der Waals surface area contributed by atoms with Gasteiger partial charge in [-0.15, -0.1) is 0 Å². The van der Waals surface area contributed by atoms with Crippen LogP contribution in [0.5, 0.6) is 0 Å². The first kappa shape index (κ1) is 13.4. The lowest BCUT2D eigenvalue weighted by Gasteiger charge is -2.17. The number of rotatable bonds is 4. The van der Waals surface area contributed by atoms with E-state index in [1.807, 2.05) is 0 Å². The minimum absolute atomic E-state index is 1.04. The number of aryl methyl sites for hydroxylation is 1. The lowest BCUT2D eigenvalue weighted by atomic mass is 9.98. The van der Waals surface area contributed by atoms with Crippen LogP contribution >= 0.6 is 0 Å². The summed E-state index contributed by atoms with van der Waals surface area (Å²) >= 11 is 0. The molecule has 0 radical (unpaired) electrons. The van der Waals surface area contributed by atoms with Crippen LogP contribution in [0, 0.1) is 0 Å². The Bertz CT molecular complexity index is 628. The summed E-state index contributed by atoms with van der Waals surface area (Å²) in [6.07, 6.45) is 2.22. The van der Waals surface area contributed by atoms with Crippen LogP contribution in [0.4, 0.5) is 0 Å². The van der Waals surface area contributed by atoms with Crippen molar-refractivity contribution in [3.63, 3.8) is 0 Å². The molecular weight excluding hydrogens is 242 g/mol. The van der Waals surface area contributed by atoms with Gasteiger partial charge in [-0.2, -0.15) is 0 Å². The van der Waals surface area contributed by atoms with Crippen LogP contribution in [0.3, 0.4) is 0 Å². The maximum Gasteiger partial charge on any atom is 0.0236 e. The zero-order valence-corrected chi connectivity index (χ0v) is 12.7. The van der Waals surface area contributed by atoms with Gasteiger partial charge < -0.3 is 4.90 Å². The van der Waals surface area contributed by atoms with E-state index < -0.39 is 0 Å². The molecule has 1 aliphatic carbocycles. The molecule has 0 N–H and O–H groups in total. The molecule has 0 unspecified atom stereocenters. The number of hydrogen-bond donors (Lipinski definition) is 0. The molecule has 0 aliphatic heterocycles. The van der Waals surface area contributed by atoms with Gasteiger partial charge in [0.2, 0.25) is 0 Å². The first-order valence-corrected chi connectivity index (χ1v) is 7.64. The summed E-state index contributed by atoms with van der Waals surface area (Å²) in [5.74, 6) is 0. The quantitative estimate of drug-likeness (QED) is 0.681. The third-order valence-electron chi connectivity index (χ3n) is 4.45. The SMILES string of the molecule is CCc1ccc2c(c1)Cc1cccc(CN(C)CC)c1-2. The van der Waals surface area contributed by atoms with Crippen molar-refractivity contribution in [2.45, 2.75) is 33.2 Å². The van der Waals surface area contributed by atoms with Crippen LogP contribution in [-0.4, -0.2) is 18.5 Å². The molecule has 0 heterocycles. The van der Waals surface area contributed by atoms with Gasteiger partial charge in [0.1, 0.15) is 0 Å². The Labute approximate surface area is 122 Å². The first-order chi connectivity index (χ1) is 9.72. The zero-order valence-electron chi connectivity index (χ0n) is 12.7. The van der Waals surface area contributed by atoms with Gasteiger partial charge in [-0.1, -0.05) is 50.2 Å². The highest BCUT2D eigenvalue weighted by molar-refractivity contribution is 5.79. The summed E-state index contributed by atoms with van der Waals surface area (Å²) in [6.45, 7) is 6.57. The maximum atomic E-state index is 2.39. The predicted octanol–water partition coefficient (Wildman–Crippen LogP) is 4.27. The Kier molecular flexibility index (Phi) is 3.62. The summed E-state index contributed by atoms with van der Waals surface area (Å²) in [7, 11) is 2.19. The molecule has 0 saturated carbocycles. The molecular formula is C19H23N. The molecule has 20 heavy (non-hydrogen) atoms. The molecule has 0 fully saturated rings. The number of hydrogen-bond acceptors (Lipinski definition) is 1. The standard InChI is InChI=1S/C19H23N/c1-4-14-9-10-18-17(11-14)12-15-7-6-8-16(19(15)18)13-20(3)5-2/h6-11H,4-5,12-13H2,1-3H3.